The van der Waals surface area contributed by atoms with Crippen LogP contribution in [0.4, 0.5) is 0 Å². The van der Waals surface area contributed by atoms with E-state index in [-0.39, 0.29) is 94.1 Å². The lowest BCUT2D eigenvalue weighted by molar-refractivity contribution is -0.198. The quantitative estimate of drug-likeness (QED) is 0.0384. The summed E-state index contributed by atoms with van der Waals surface area (Å²) in [6.07, 6.45) is 6.14. The molecule has 0 spiro atoms. The van der Waals surface area contributed by atoms with Gasteiger partial charge in [0.05, 0.1) is 88.7 Å². The van der Waals surface area contributed by atoms with Crippen LogP contribution in [0.1, 0.15) is 102 Å². The van der Waals surface area contributed by atoms with E-state index in [2.05, 4.69) is 45.5 Å². The maximum absolute atomic E-state index is 14.0. The van der Waals surface area contributed by atoms with Crippen molar-refractivity contribution in [2.45, 2.75) is 123 Å². The molecule has 4 aliphatic rings. The Labute approximate surface area is 534 Å². The minimum atomic E-state index is -1.26. The first kappa shape index (κ1) is 72.9. The van der Waals surface area contributed by atoms with Crippen molar-refractivity contribution in [1.82, 2.24) is 30.8 Å². The van der Waals surface area contributed by atoms with Crippen LogP contribution in [-0.4, -0.2) is 216 Å². The van der Waals surface area contributed by atoms with Gasteiger partial charge in [-0.15, -0.1) is 5.06 Å². The lowest BCUT2D eigenvalue weighted by atomic mass is 9.92. The Morgan fingerprint density at radius 2 is 1.44 bits per heavy atom. The molecule has 1 unspecified atom stereocenters. The SMILES string of the molecule is COc1ccc(C[C@H]2NC(=O)C=CC[C@@H]([C@H](C)[C@H]3O[C@@H]3c3ccc(CN4CCN(C(=O)CCCS(C)(C)CC(=O)NCCOCCOCCOCCOCCC(=O)ON5C(=O)CCC5=O)CC4)cc3)OC(=O)C(CC(C)C)OC(=O)C(C)(C)CNC2=O)cc1Cl. The number of cyclic esters (lactones) is 2. The summed E-state index contributed by atoms with van der Waals surface area (Å²) in [5.74, 6) is -2.86. The van der Waals surface area contributed by atoms with Crippen molar-refractivity contribution < 1.29 is 85.9 Å². The number of carbonyl (C=O) groups is 9. The zero-order valence-corrected chi connectivity index (χ0v) is 55.0. The molecule has 500 valence electrons. The zero-order chi connectivity index (χ0) is 65.4. The molecule has 6 atom stereocenters. The fourth-order valence-electron chi connectivity index (χ4n) is 10.3. The summed E-state index contributed by atoms with van der Waals surface area (Å²) in [6.45, 7) is 15.0. The molecule has 0 saturated carbocycles. The van der Waals surface area contributed by atoms with Gasteiger partial charge in [0.1, 0.15) is 24.0 Å². The standard InChI is InChI=1S/C64H93ClN6O18S/c1-43(2)37-52-62(79)86-50(11-9-12-53(72)68-49(39-46-16-19-51(81-6)48(65)38-46)61(78)67-42-64(4,5)63(80)87-52)44(3)59-60(88-59)47-17-14-45(15-18-47)40-69-24-26-70(27-25-69)55(74)13-10-36-90(7,8)41-54(73)66-23-29-83-31-33-85-35-34-84-32-30-82-28-22-58(77)89-71-56(75)20-21-57(71)76/h9,12,14-19,38,43-44,49-50,52,59-60H,10-11,13,20-37,39-42H2,1-8H3,(H,66,73)(H,67,78)(H,68,72)/t44-,49+,50-,52?,59+,60+/m0/s1. The van der Waals surface area contributed by atoms with Crippen molar-refractivity contribution in [3.8, 4) is 5.75 Å². The fraction of sp³-hybridized carbons (Fsp3) is 0.641. The van der Waals surface area contributed by atoms with Crippen molar-refractivity contribution in [2.24, 2.45) is 17.3 Å². The summed E-state index contributed by atoms with van der Waals surface area (Å²) in [7, 11) is 0.233. The number of amides is 6. The minimum Gasteiger partial charge on any atom is -0.495 e. The highest BCUT2D eigenvalue weighted by Crippen LogP contribution is 2.45. The molecule has 26 heteroatoms. The maximum Gasteiger partial charge on any atom is 0.347 e. The third kappa shape index (κ3) is 24.5. The Morgan fingerprint density at radius 1 is 0.811 bits per heavy atom. The second-order valence-electron chi connectivity index (χ2n) is 24.6. The first-order chi connectivity index (χ1) is 42.9. The highest BCUT2D eigenvalue weighted by Gasteiger charge is 2.48. The Morgan fingerprint density at radius 3 is 2.08 bits per heavy atom. The van der Waals surface area contributed by atoms with Crippen LogP contribution in [-0.2, 0) is 94.1 Å². The maximum atomic E-state index is 14.0. The molecule has 4 heterocycles. The van der Waals surface area contributed by atoms with Gasteiger partial charge in [-0.05, 0) is 85.8 Å². The van der Waals surface area contributed by atoms with Crippen LogP contribution in [0.5, 0.6) is 5.75 Å². The number of piperazine rings is 1. The molecule has 4 aliphatic heterocycles. The Bertz CT molecular complexity index is 2760. The predicted octanol–water partition coefficient (Wildman–Crippen LogP) is 4.79. The smallest absolute Gasteiger partial charge is 0.347 e. The van der Waals surface area contributed by atoms with Crippen molar-refractivity contribution in [3.05, 3.63) is 76.3 Å². The van der Waals surface area contributed by atoms with E-state index < -0.39 is 75.2 Å². The first-order valence-electron chi connectivity index (χ1n) is 31.0. The number of hydrogen-bond donors (Lipinski definition) is 3. The van der Waals surface area contributed by atoms with Gasteiger partial charge in [-0.3, -0.25) is 38.5 Å². The van der Waals surface area contributed by atoms with E-state index in [1.165, 1.54) is 13.2 Å². The van der Waals surface area contributed by atoms with Gasteiger partial charge in [-0.2, -0.15) is 0 Å². The van der Waals surface area contributed by atoms with Crippen LogP contribution in [0.2, 0.25) is 5.02 Å². The number of esters is 2. The molecule has 2 aromatic carbocycles. The zero-order valence-electron chi connectivity index (χ0n) is 53.4. The predicted molar refractivity (Wildman–Crippen MR) is 335 cm³/mol. The average Bonchev–Trinajstić information content (AvgIpc) is 2.54. The van der Waals surface area contributed by atoms with E-state index in [0.29, 0.717) is 106 Å². The van der Waals surface area contributed by atoms with Gasteiger partial charge in [0.2, 0.25) is 23.6 Å². The van der Waals surface area contributed by atoms with Crippen molar-refractivity contribution >= 4 is 75.0 Å². The van der Waals surface area contributed by atoms with E-state index in [9.17, 15) is 43.2 Å². The summed E-state index contributed by atoms with van der Waals surface area (Å²) >= 11 is 6.40. The number of rotatable bonds is 32. The van der Waals surface area contributed by atoms with Gasteiger partial charge in [0, 0.05) is 83.8 Å². The van der Waals surface area contributed by atoms with E-state index in [1.54, 1.807) is 38.1 Å². The van der Waals surface area contributed by atoms with E-state index in [0.717, 1.165) is 30.0 Å². The second-order valence-corrected chi connectivity index (χ2v) is 29.2. The molecular weight excluding hydrogens is 1210 g/mol. The number of epoxide rings is 1. The van der Waals surface area contributed by atoms with Gasteiger partial charge in [0.15, 0.2) is 6.10 Å². The third-order valence-electron chi connectivity index (χ3n) is 15.7. The second kappa shape index (κ2) is 36.2. The number of nitrogens with zero attached hydrogens (tertiary/aromatic N) is 3. The first-order valence-corrected chi connectivity index (χ1v) is 34.1. The monoisotopic (exact) mass is 1300 g/mol. The third-order valence-corrected chi connectivity index (χ3v) is 18.4. The number of methoxy groups -OCH3 is 1. The Hall–Kier alpha value is -6.19. The summed E-state index contributed by atoms with van der Waals surface area (Å²) in [5, 5.41) is 9.37. The molecule has 6 amide bonds. The summed E-state index contributed by atoms with van der Waals surface area (Å²) in [6, 6.07) is 12.3. The normalized spacial score (nSPS) is 21.7. The number of halogens is 1. The van der Waals surface area contributed by atoms with Crippen LogP contribution < -0.4 is 20.7 Å². The van der Waals surface area contributed by atoms with Crippen LogP contribution in [0.25, 0.3) is 0 Å². The highest BCUT2D eigenvalue weighted by molar-refractivity contribution is 8.33. The lowest BCUT2D eigenvalue weighted by Crippen LogP contribution is -2.51. The van der Waals surface area contributed by atoms with Gasteiger partial charge < -0.3 is 63.6 Å². The van der Waals surface area contributed by atoms with E-state index >= 15 is 0 Å². The van der Waals surface area contributed by atoms with Crippen molar-refractivity contribution in [1.29, 1.82) is 0 Å². The summed E-state index contributed by atoms with van der Waals surface area (Å²) in [4.78, 5) is 125. The van der Waals surface area contributed by atoms with Crippen LogP contribution in [0.3, 0.4) is 0 Å². The molecule has 0 aliphatic carbocycles. The van der Waals surface area contributed by atoms with Gasteiger partial charge in [-0.1, -0.05) is 68.8 Å². The highest BCUT2D eigenvalue weighted by atomic mass is 35.5. The number of imide groups is 1. The summed E-state index contributed by atoms with van der Waals surface area (Å²) < 4.78 is 45.5. The molecule has 24 nitrogen and oxygen atoms in total. The summed E-state index contributed by atoms with van der Waals surface area (Å²) in [5.41, 5.74) is 1.50. The number of carbonyl (C=O) groups excluding carboxylic acids is 9. The number of ether oxygens (including phenoxy) is 8. The fourth-order valence-corrected chi connectivity index (χ4v) is 12.4. The number of nitrogens with one attached hydrogen (secondary N) is 3. The van der Waals surface area contributed by atoms with Gasteiger partial charge in [-0.25, -0.2) is 19.6 Å². The number of benzene rings is 2. The molecule has 0 aromatic heterocycles. The molecule has 2 aromatic rings. The molecule has 3 N–H and O–H groups in total. The molecule has 0 bridgehead atoms. The van der Waals surface area contributed by atoms with Crippen molar-refractivity contribution in [2.75, 3.05) is 123 Å². The Balaban J connectivity index is 0.858. The molecule has 6 rings (SSSR count). The van der Waals surface area contributed by atoms with Crippen LogP contribution >= 0.6 is 21.6 Å². The topological polar surface area (TPSA) is 286 Å². The molecular formula is C64H93ClN6O18S. The molecule has 3 saturated heterocycles. The molecule has 90 heavy (non-hydrogen) atoms. The minimum absolute atomic E-state index is 0.0328. The lowest BCUT2D eigenvalue weighted by Gasteiger charge is -2.35. The molecule has 3 fully saturated rings. The van der Waals surface area contributed by atoms with Gasteiger partial charge in [0.25, 0.3) is 11.8 Å². The van der Waals surface area contributed by atoms with Crippen molar-refractivity contribution in [3.63, 3.8) is 0 Å². The van der Waals surface area contributed by atoms with Crippen LogP contribution in [0, 0.1) is 17.3 Å². The van der Waals surface area contributed by atoms with Gasteiger partial charge >= 0.3 is 17.9 Å². The number of hydrogen-bond acceptors (Lipinski definition) is 19. The van der Waals surface area contributed by atoms with E-state index in [4.69, 9.17) is 54.3 Å². The van der Waals surface area contributed by atoms with Crippen LogP contribution in [0.15, 0.2) is 54.6 Å². The molecule has 0 radical (unpaired) electrons. The van der Waals surface area contributed by atoms with E-state index in [1.807, 2.05) is 37.8 Å². The largest absolute Gasteiger partial charge is 0.495 e. The number of hydroxylamine groups is 2. The Kier molecular flexibility index (Phi) is 29.3. The average molecular weight is 1300 g/mol.